The van der Waals surface area contributed by atoms with Gasteiger partial charge < -0.3 is 4.42 Å². The van der Waals surface area contributed by atoms with Gasteiger partial charge in [0, 0.05) is 10.8 Å². The summed E-state index contributed by atoms with van der Waals surface area (Å²) < 4.78 is 65.7. The Morgan fingerprint density at radius 1 is 0.395 bits per heavy atom. The maximum atomic E-state index is 9.18. The van der Waals surface area contributed by atoms with Crippen molar-refractivity contribution < 1.29 is 14.0 Å². The lowest BCUT2D eigenvalue weighted by atomic mass is 9.85. The smallest absolute Gasteiger partial charge is 0.135 e. The average Bonchev–Trinajstić information content (AvgIpc) is 3.56. The van der Waals surface area contributed by atoms with Gasteiger partial charge in [-0.2, -0.15) is 0 Å². The van der Waals surface area contributed by atoms with Crippen molar-refractivity contribution >= 4 is 54.3 Å². The molecule has 0 saturated carbocycles. The summed E-state index contributed by atoms with van der Waals surface area (Å²) in [5.41, 5.74) is 5.14. The van der Waals surface area contributed by atoms with Crippen LogP contribution in [0.15, 0.2) is 162 Å². The standard InChI is InChI=1S/C42H26O/c1-2-10-27(11-3-1)41-34-13-4-6-15-36(34)42(37-16-7-5-14-35(37)41)32-21-20-28-24-29(18-19-30(28)25-32)31-22-23-40-38(26-31)33-12-8-9-17-39(33)43-40/h1-26H/i8D,9D,12D,17D,22D,23D,26D. The number of hydrogen-bond donors (Lipinski definition) is 0. The van der Waals surface area contributed by atoms with Gasteiger partial charge in [-0.15, -0.1) is 0 Å². The highest BCUT2D eigenvalue weighted by Crippen LogP contribution is 2.44. The van der Waals surface area contributed by atoms with E-state index in [9.17, 15) is 1.37 Å². The van der Waals surface area contributed by atoms with Crippen molar-refractivity contribution in [3.05, 3.63) is 158 Å². The van der Waals surface area contributed by atoms with E-state index in [1.54, 1.807) is 0 Å². The van der Waals surface area contributed by atoms with Crippen LogP contribution in [0.2, 0.25) is 0 Å². The maximum Gasteiger partial charge on any atom is 0.135 e. The second-order valence-electron chi connectivity index (χ2n) is 10.7. The fraction of sp³-hybridized carbons (Fsp3) is 0. The van der Waals surface area contributed by atoms with Crippen molar-refractivity contribution in [3.63, 3.8) is 0 Å². The first-order valence-corrected chi connectivity index (χ1v) is 14.2. The van der Waals surface area contributed by atoms with Gasteiger partial charge in [0.25, 0.3) is 0 Å². The molecule has 1 aromatic heterocycles. The average molecular weight is 554 g/mol. The lowest BCUT2D eigenvalue weighted by Crippen LogP contribution is -1.90. The van der Waals surface area contributed by atoms with Crippen LogP contribution in [0.5, 0.6) is 0 Å². The van der Waals surface area contributed by atoms with Crippen LogP contribution in [0.3, 0.4) is 0 Å². The zero-order chi connectivity index (χ0) is 34.4. The molecule has 1 heteroatoms. The predicted octanol–water partition coefficient (Wildman–Crippen LogP) is 12.0. The molecule has 0 aliphatic heterocycles. The fourth-order valence-corrected chi connectivity index (χ4v) is 6.36. The minimum Gasteiger partial charge on any atom is -0.456 e. The SMILES string of the molecule is [2H]c1c([2H])c([2H])c2c(oc3c([2H])c([2H])c(-c4ccc5cc(-c6c7ccccc7c(-c7ccccc7)c7ccccc67)ccc5c4)c([2H])c32)c1[2H]. The van der Waals surface area contributed by atoms with Crippen molar-refractivity contribution in [1.29, 1.82) is 0 Å². The molecule has 43 heavy (non-hydrogen) atoms. The Kier molecular flexibility index (Phi) is 3.95. The molecule has 0 aliphatic carbocycles. The third-order valence-electron chi connectivity index (χ3n) is 8.30. The Morgan fingerprint density at radius 3 is 1.65 bits per heavy atom. The summed E-state index contributed by atoms with van der Waals surface area (Å²) in [7, 11) is 0. The largest absolute Gasteiger partial charge is 0.456 e. The molecule has 0 fully saturated rings. The maximum absolute atomic E-state index is 9.18. The highest BCUT2D eigenvalue weighted by Gasteiger charge is 2.16. The van der Waals surface area contributed by atoms with Crippen LogP contribution in [0.4, 0.5) is 0 Å². The third-order valence-corrected chi connectivity index (χ3v) is 8.30. The predicted molar refractivity (Wildman–Crippen MR) is 183 cm³/mol. The molecule has 8 aromatic carbocycles. The topological polar surface area (TPSA) is 13.1 Å². The first-order valence-electron chi connectivity index (χ1n) is 17.7. The number of fused-ring (bicyclic) bond motifs is 6. The van der Waals surface area contributed by atoms with E-state index in [0.717, 1.165) is 38.2 Å². The molecule has 0 N–H and O–H groups in total. The highest BCUT2D eigenvalue weighted by atomic mass is 16.3. The van der Waals surface area contributed by atoms with Gasteiger partial charge in [-0.05, 0) is 96.0 Å². The Hall–Kier alpha value is -5.66. The summed E-state index contributed by atoms with van der Waals surface area (Å²) in [6.45, 7) is 0. The van der Waals surface area contributed by atoms with E-state index in [2.05, 4.69) is 84.9 Å². The molecule has 9 rings (SSSR count). The van der Waals surface area contributed by atoms with Gasteiger partial charge in [0.1, 0.15) is 11.2 Å². The minimum atomic E-state index is -0.451. The van der Waals surface area contributed by atoms with E-state index in [1.165, 1.54) is 16.3 Å². The van der Waals surface area contributed by atoms with Gasteiger partial charge in [-0.1, -0.05) is 127 Å². The molecule has 0 unspecified atom stereocenters. The number of furan rings is 1. The molecular formula is C42H26O. The Bertz CT molecular complexity index is 2840. The summed E-state index contributed by atoms with van der Waals surface area (Å²) in [6.07, 6.45) is 0. The van der Waals surface area contributed by atoms with Gasteiger partial charge in [-0.25, -0.2) is 0 Å². The van der Waals surface area contributed by atoms with E-state index < -0.39 is 12.1 Å². The van der Waals surface area contributed by atoms with Crippen LogP contribution in [-0.2, 0) is 0 Å². The summed E-state index contributed by atoms with van der Waals surface area (Å²) in [5.74, 6) is 0. The molecule has 0 bridgehead atoms. The number of para-hydroxylation sites is 1. The number of hydrogen-bond acceptors (Lipinski definition) is 1. The van der Waals surface area contributed by atoms with Gasteiger partial charge in [0.05, 0.1) is 9.60 Å². The third kappa shape index (κ3) is 3.79. The van der Waals surface area contributed by atoms with Crippen LogP contribution in [0.1, 0.15) is 9.60 Å². The van der Waals surface area contributed by atoms with E-state index >= 15 is 0 Å². The van der Waals surface area contributed by atoms with Crippen molar-refractivity contribution in [3.8, 4) is 33.4 Å². The summed E-state index contributed by atoms with van der Waals surface area (Å²) in [4.78, 5) is 0. The van der Waals surface area contributed by atoms with Crippen LogP contribution >= 0.6 is 0 Å². The molecule has 0 amide bonds. The Morgan fingerprint density at radius 2 is 0.953 bits per heavy atom. The molecule has 0 atom stereocenters. The minimum absolute atomic E-state index is 0.0499. The molecule has 0 aliphatic rings. The summed E-state index contributed by atoms with van der Waals surface area (Å²) in [6, 6.07) is 37.3. The molecule has 0 spiro atoms. The monoisotopic (exact) mass is 553 g/mol. The molecular weight excluding hydrogens is 520 g/mol. The quantitative estimate of drug-likeness (QED) is 0.198. The highest BCUT2D eigenvalue weighted by molar-refractivity contribution is 6.21. The normalized spacial score (nSPS) is 14.0. The van der Waals surface area contributed by atoms with Crippen molar-refractivity contribution in [2.24, 2.45) is 0 Å². The molecule has 0 saturated heterocycles. The molecule has 200 valence electrons. The van der Waals surface area contributed by atoms with E-state index in [-0.39, 0.29) is 57.7 Å². The zero-order valence-electron chi connectivity index (χ0n) is 29.9. The second kappa shape index (κ2) is 9.44. The van der Waals surface area contributed by atoms with Crippen LogP contribution < -0.4 is 0 Å². The molecule has 9 aromatic rings. The van der Waals surface area contributed by atoms with Crippen molar-refractivity contribution in [2.75, 3.05) is 0 Å². The first-order chi connectivity index (χ1) is 24.2. The van der Waals surface area contributed by atoms with Crippen molar-refractivity contribution in [1.82, 2.24) is 0 Å². The Balaban J connectivity index is 1.25. The van der Waals surface area contributed by atoms with E-state index in [0.29, 0.717) is 5.56 Å². The molecule has 1 nitrogen and oxygen atoms in total. The van der Waals surface area contributed by atoms with Gasteiger partial charge in [0.15, 0.2) is 0 Å². The van der Waals surface area contributed by atoms with Gasteiger partial charge in [0.2, 0.25) is 0 Å². The summed E-state index contributed by atoms with van der Waals surface area (Å²) in [5, 5.41) is 6.68. The van der Waals surface area contributed by atoms with Gasteiger partial charge in [-0.3, -0.25) is 0 Å². The zero-order valence-corrected chi connectivity index (χ0v) is 22.9. The lowest BCUT2D eigenvalue weighted by molar-refractivity contribution is 0.669. The van der Waals surface area contributed by atoms with Crippen molar-refractivity contribution in [2.45, 2.75) is 0 Å². The lowest BCUT2D eigenvalue weighted by Gasteiger charge is -2.18. The van der Waals surface area contributed by atoms with Crippen LogP contribution in [0.25, 0.3) is 87.6 Å². The molecule has 1 heterocycles. The fourth-order valence-electron chi connectivity index (χ4n) is 6.36. The number of benzene rings is 8. The van der Waals surface area contributed by atoms with Gasteiger partial charge >= 0.3 is 0 Å². The van der Waals surface area contributed by atoms with E-state index in [4.69, 9.17) is 12.6 Å². The second-order valence-corrected chi connectivity index (χ2v) is 10.7. The first kappa shape index (κ1) is 18.0. The molecule has 0 radical (unpaired) electrons. The van der Waals surface area contributed by atoms with Crippen LogP contribution in [0, 0.1) is 0 Å². The number of rotatable bonds is 3. The Labute approximate surface area is 259 Å². The summed E-state index contributed by atoms with van der Waals surface area (Å²) >= 11 is 0. The van der Waals surface area contributed by atoms with E-state index in [1.807, 2.05) is 30.3 Å². The van der Waals surface area contributed by atoms with Crippen LogP contribution in [-0.4, -0.2) is 0 Å².